The third kappa shape index (κ3) is 3.09. The van der Waals surface area contributed by atoms with Crippen LogP contribution in [-0.4, -0.2) is 16.4 Å². The summed E-state index contributed by atoms with van der Waals surface area (Å²) < 4.78 is 0. The molecule has 0 atom stereocenters. The van der Waals surface area contributed by atoms with Crippen molar-refractivity contribution in [1.82, 2.24) is 5.23 Å². The highest BCUT2D eigenvalue weighted by atomic mass is 17.0. The van der Waals surface area contributed by atoms with Crippen LogP contribution in [0.15, 0.2) is 18.2 Å². The molecule has 0 bridgehead atoms. The van der Waals surface area contributed by atoms with Gasteiger partial charge in [-0.25, -0.2) is 0 Å². The van der Waals surface area contributed by atoms with Gasteiger partial charge in [0, 0.05) is 0 Å². The molecular weight excluding hydrogens is 262 g/mol. The maximum absolute atomic E-state index is 5.93. The van der Waals surface area contributed by atoms with Crippen LogP contribution in [0, 0.1) is 5.92 Å². The van der Waals surface area contributed by atoms with Gasteiger partial charge in [-0.2, -0.15) is 0 Å². The van der Waals surface area contributed by atoms with E-state index in [9.17, 15) is 0 Å². The number of hydrogen-bond donors (Lipinski definition) is 0. The topological polar surface area (TPSA) is 21.7 Å². The first-order chi connectivity index (χ1) is 9.67. The summed E-state index contributed by atoms with van der Waals surface area (Å²) in [4.78, 5) is 11.7. The van der Waals surface area contributed by atoms with Crippen LogP contribution in [0.4, 0.5) is 0 Å². The zero-order chi connectivity index (χ0) is 15.8. The average molecular weight is 291 g/mol. The predicted molar refractivity (Wildman–Crippen MR) is 86.1 cm³/mol. The first kappa shape index (κ1) is 16.3. The summed E-state index contributed by atoms with van der Waals surface area (Å²) in [6.07, 6.45) is 2.14. The first-order valence-electron chi connectivity index (χ1n) is 7.96. The monoisotopic (exact) mass is 291 g/mol. The molecule has 1 aliphatic heterocycles. The van der Waals surface area contributed by atoms with Gasteiger partial charge in [0.15, 0.2) is 5.75 Å². The first-order valence-corrected chi connectivity index (χ1v) is 7.96. The molecular formula is C18H29NO2. The highest BCUT2D eigenvalue weighted by Crippen LogP contribution is 2.43. The molecule has 0 aromatic heterocycles. The van der Waals surface area contributed by atoms with Crippen LogP contribution >= 0.6 is 0 Å². The van der Waals surface area contributed by atoms with E-state index in [2.05, 4.69) is 60.6 Å². The van der Waals surface area contributed by atoms with Crippen molar-refractivity contribution in [2.45, 2.75) is 72.4 Å². The van der Waals surface area contributed by atoms with Gasteiger partial charge in [0.2, 0.25) is 0 Å². The molecule has 21 heavy (non-hydrogen) atoms. The molecule has 0 saturated carbocycles. The number of hydrogen-bond acceptors (Lipinski definition) is 3. The van der Waals surface area contributed by atoms with E-state index in [4.69, 9.17) is 9.68 Å². The summed E-state index contributed by atoms with van der Waals surface area (Å²) in [6, 6.07) is 6.36. The Bertz CT molecular complexity index is 506. The fourth-order valence-corrected chi connectivity index (χ4v) is 2.48. The van der Waals surface area contributed by atoms with Gasteiger partial charge in [-0.05, 0) is 74.9 Å². The van der Waals surface area contributed by atoms with Gasteiger partial charge < -0.3 is 4.84 Å². The van der Waals surface area contributed by atoms with E-state index >= 15 is 0 Å². The number of nitrogens with zero attached hydrogens (tertiary/aromatic N) is 1. The van der Waals surface area contributed by atoms with Gasteiger partial charge in [0.1, 0.15) is 11.1 Å². The molecule has 1 saturated heterocycles. The molecule has 3 heteroatoms. The van der Waals surface area contributed by atoms with E-state index in [0.717, 1.165) is 18.6 Å². The lowest BCUT2D eigenvalue weighted by Gasteiger charge is -2.56. The number of hydroxylamine groups is 2. The summed E-state index contributed by atoms with van der Waals surface area (Å²) >= 11 is 0. The maximum atomic E-state index is 5.93. The minimum absolute atomic E-state index is 0.144. The predicted octanol–water partition coefficient (Wildman–Crippen LogP) is 4.55. The van der Waals surface area contributed by atoms with Gasteiger partial charge in [-0.1, -0.05) is 26.8 Å². The van der Waals surface area contributed by atoms with Crippen LogP contribution in [0.2, 0.25) is 0 Å². The third-order valence-electron chi connectivity index (χ3n) is 4.62. The lowest BCUT2D eigenvalue weighted by atomic mass is 9.84. The molecule has 0 spiro atoms. The van der Waals surface area contributed by atoms with E-state index in [1.54, 1.807) is 5.23 Å². The Balaban J connectivity index is 2.15. The fraction of sp³-hybridized carbons (Fsp3) is 0.667. The summed E-state index contributed by atoms with van der Waals surface area (Å²) in [5, 5.41) is 1.62. The van der Waals surface area contributed by atoms with Crippen molar-refractivity contribution in [1.29, 1.82) is 0 Å². The zero-order valence-corrected chi connectivity index (χ0v) is 14.5. The number of aryl methyl sites for hydroxylation is 1. The largest absolute Gasteiger partial charge is 0.380 e. The van der Waals surface area contributed by atoms with Crippen LogP contribution in [0.1, 0.15) is 59.6 Å². The van der Waals surface area contributed by atoms with E-state index in [1.165, 1.54) is 11.1 Å². The van der Waals surface area contributed by atoms with Gasteiger partial charge in [-0.15, -0.1) is 0 Å². The van der Waals surface area contributed by atoms with Crippen molar-refractivity contribution in [2.75, 3.05) is 0 Å². The number of rotatable bonds is 5. The molecule has 0 unspecified atom stereocenters. The molecule has 0 amide bonds. The third-order valence-corrected chi connectivity index (χ3v) is 4.62. The van der Waals surface area contributed by atoms with Crippen LogP contribution < -0.4 is 4.84 Å². The lowest BCUT2D eigenvalue weighted by molar-refractivity contribution is -0.514. The van der Waals surface area contributed by atoms with Crippen molar-refractivity contribution >= 4 is 0 Å². The lowest BCUT2D eigenvalue weighted by Crippen LogP contribution is -2.72. The van der Waals surface area contributed by atoms with Crippen LogP contribution in [0.3, 0.4) is 0 Å². The Hall–Kier alpha value is -1.06. The summed E-state index contributed by atoms with van der Waals surface area (Å²) in [5.74, 6) is 1.49. The van der Waals surface area contributed by atoms with Crippen molar-refractivity contribution in [3.8, 4) is 5.75 Å². The molecule has 1 aliphatic rings. The highest BCUT2D eigenvalue weighted by Gasteiger charge is 2.57. The quantitative estimate of drug-likeness (QED) is 0.794. The van der Waals surface area contributed by atoms with Crippen LogP contribution in [0.5, 0.6) is 5.75 Å². The standard InChI is InChI=1S/C18H29NO2/c1-8-14-9-10-16(12-15(14)11-13(2)3)20-19-17(4,5)18(6,7)21-19/h9-10,12-13H,8,11H2,1-7H3. The van der Waals surface area contributed by atoms with E-state index in [0.29, 0.717) is 5.92 Å². The second-order valence-electron chi connectivity index (χ2n) is 7.39. The van der Waals surface area contributed by atoms with Gasteiger partial charge in [0.25, 0.3) is 0 Å². The second kappa shape index (κ2) is 5.62. The van der Waals surface area contributed by atoms with Gasteiger partial charge in [-0.3, -0.25) is 4.84 Å². The summed E-state index contributed by atoms with van der Waals surface area (Å²) in [5.41, 5.74) is 2.44. The summed E-state index contributed by atoms with van der Waals surface area (Å²) in [7, 11) is 0. The molecule has 1 aromatic carbocycles. The van der Waals surface area contributed by atoms with Gasteiger partial charge in [0.05, 0.1) is 0 Å². The molecule has 0 aliphatic carbocycles. The van der Waals surface area contributed by atoms with Crippen molar-refractivity contribution < 1.29 is 9.68 Å². The Labute approximate surface area is 129 Å². The SMILES string of the molecule is CCc1ccc(ON2OC(C)(C)C2(C)C)cc1CC(C)C. The molecule has 1 fully saturated rings. The molecule has 1 aromatic rings. The van der Waals surface area contributed by atoms with E-state index < -0.39 is 0 Å². The molecule has 2 rings (SSSR count). The van der Waals surface area contributed by atoms with Crippen LogP contribution in [-0.2, 0) is 17.7 Å². The van der Waals surface area contributed by atoms with Crippen LogP contribution in [0.25, 0.3) is 0 Å². The minimum Gasteiger partial charge on any atom is -0.380 e. The minimum atomic E-state index is -0.197. The Morgan fingerprint density at radius 3 is 2.29 bits per heavy atom. The normalized spacial score (nSPS) is 20.4. The smallest absolute Gasteiger partial charge is 0.150 e. The van der Waals surface area contributed by atoms with Gasteiger partial charge >= 0.3 is 0 Å². The Morgan fingerprint density at radius 1 is 1.14 bits per heavy atom. The maximum Gasteiger partial charge on any atom is 0.150 e. The van der Waals surface area contributed by atoms with Crippen molar-refractivity contribution in [2.24, 2.45) is 5.92 Å². The molecule has 3 nitrogen and oxygen atoms in total. The Kier molecular flexibility index (Phi) is 4.36. The summed E-state index contributed by atoms with van der Waals surface area (Å²) in [6.45, 7) is 15.1. The fourth-order valence-electron chi connectivity index (χ4n) is 2.48. The molecule has 1 heterocycles. The number of benzene rings is 1. The molecule has 0 radical (unpaired) electrons. The zero-order valence-electron chi connectivity index (χ0n) is 14.5. The van der Waals surface area contributed by atoms with Crippen molar-refractivity contribution in [3.05, 3.63) is 29.3 Å². The Morgan fingerprint density at radius 2 is 1.81 bits per heavy atom. The average Bonchev–Trinajstić information content (AvgIpc) is 2.37. The van der Waals surface area contributed by atoms with E-state index in [1.807, 2.05) is 6.07 Å². The van der Waals surface area contributed by atoms with Crippen molar-refractivity contribution in [3.63, 3.8) is 0 Å². The van der Waals surface area contributed by atoms with E-state index in [-0.39, 0.29) is 11.1 Å². The second-order valence-corrected chi connectivity index (χ2v) is 7.39. The highest BCUT2D eigenvalue weighted by molar-refractivity contribution is 5.36. The molecule has 0 N–H and O–H groups in total. The molecule has 118 valence electrons.